The minimum atomic E-state index is 0.313. The molecule has 5 heteroatoms. The van der Waals surface area contributed by atoms with Crippen LogP contribution in [0, 0.1) is 0 Å². The molecule has 0 N–H and O–H groups in total. The minimum Gasteiger partial charge on any atom is -0.376 e. The average Bonchev–Trinajstić information content (AvgIpc) is 2.98. The average molecular weight is 268 g/mol. The predicted octanol–water partition coefficient (Wildman–Crippen LogP) is 2.52. The Morgan fingerprint density at radius 2 is 2.44 bits per heavy atom. The predicted molar refractivity (Wildman–Crippen MR) is 73.7 cm³/mol. The summed E-state index contributed by atoms with van der Waals surface area (Å²) in [4.78, 5) is 18.5. The van der Waals surface area contributed by atoms with Crippen molar-refractivity contribution in [1.29, 1.82) is 0 Å². The number of likely N-dealkylation sites (N-methyl/N-ethyl adjacent to an activating group) is 1. The van der Waals surface area contributed by atoms with Crippen molar-refractivity contribution in [1.82, 2.24) is 4.98 Å². The van der Waals surface area contributed by atoms with Crippen LogP contribution in [0.4, 0.5) is 5.13 Å². The maximum absolute atomic E-state index is 11.0. The Balaban J connectivity index is 2.04. The van der Waals surface area contributed by atoms with Gasteiger partial charge in [-0.1, -0.05) is 24.7 Å². The summed E-state index contributed by atoms with van der Waals surface area (Å²) in [6.07, 6.45) is 5.40. The molecule has 0 bridgehead atoms. The molecular formula is C13H20N2O2S. The third-order valence-corrected chi connectivity index (χ3v) is 4.28. The largest absolute Gasteiger partial charge is 0.376 e. The zero-order valence-corrected chi connectivity index (χ0v) is 11.8. The first-order chi connectivity index (χ1) is 8.74. The highest BCUT2D eigenvalue weighted by Crippen LogP contribution is 2.26. The summed E-state index contributed by atoms with van der Waals surface area (Å²) in [5, 5.41) is 0.927. The van der Waals surface area contributed by atoms with E-state index in [1.807, 2.05) is 7.05 Å². The van der Waals surface area contributed by atoms with Gasteiger partial charge in [0.1, 0.15) is 0 Å². The van der Waals surface area contributed by atoms with E-state index in [9.17, 15) is 4.79 Å². The highest BCUT2D eigenvalue weighted by atomic mass is 32.1. The molecule has 2 heterocycles. The van der Waals surface area contributed by atoms with Crippen LogP contribution in [0.25, 0.3) is 0 Å². The summed E-state index contributed by atoms with van der Waals surface area (Å²) >= 11 is 1.48. The van der Waals surface area contributed by atoms with Gasteiger partial charge in [0.25, 0.3) is 0 Å². The van der Waals surface area contributed by atoms with Crippen LogP contribution < -0.4 is 4.90 Å². The number of carbonyl (C=O) groups excluding carboxylic acids is 1. The van der Waals surface area contributed by atoms with Crippen molar-refractivity contribution in [2.75, 3.05) is 25.1 Å². The number of thiazole rings is 1. The molecule has 4 nitrogen and oxygen atoms in total. The van der Waals surface area contributed by atoms with Crippen molar-refractivity contribution in [3.63, 3.8) is 0 Å². The molecule has 1 aromatic heterocycles. The lowest BCUT2D eigenvalue weighted by Gasteiger charge is -2.19. The van der Waals surface area contributed by atoms with Gasteiger partial charge in [-0.2, -0.15) is 0 Å². The zero-order chi connectivity index (χ0) is 13.0. The minimum absolute atomic E-state index is 0.313. The van der Waals surface area contributed by atoms with E-state index in [0.29, 0.717) is 6.10 Å². The molecule has 1 aliphatic rings. The Bertz CT molecular complexity index is 400. The second-order valence-electron chi connectivity index (χ2n) is 4.69. The first-order valence-corrected chi connectivity index (χ1v) is 7.33. The smallest absolute Gasteiger partial charge is 0.186 e. The van der Waals surface area contributed by atoms with Gasteiger partial charge in [-0.3, -0.25) is 4.79 Å². The number of aromatic nitrogens is 1. The van der Waals surface area contributed by atoms with Gasteiger partial charge in [0.05, 0.1) is 16.7 Å². The van der Waals surface area contributed by atoms with Gasteiger partial charge in [0, 0.05) is 20.2 Å². The molecule has 0 amide bonds. The molecule has 1 atom stereocenters. The number of nitrogens with zero attached hydrogens (tertiary/aromatic N) is 2. The molecule has 18 heavy (non-hydrogen) atoms. The van der Waals surface area contributed by atoms with Crippen LogP contribution in [0.2, 0.25) is 0 Å². The lowest BCUT2D eigenvalue weighted by atomic mass is 10.2. The Morgan fingerprint density at radius 1 is 1.61 bits per heavy atom. The van der Waals surface area contributed by atoms with Gasteiger partial charge < -0.3 is 9.64 Å². The molecule has 1 fully saturated rings. The summed E-state index contributed by atoms with van der Waals surface area (Å²) < 4.78 is 5.62. The maximum Gasteiger partial charge on any atom is 0.186 e. The summed E-state index contributed by atoms with van der Waals surface area (Å²) in [5.74, 6) is 0. The summed E-state index contributed by atoms with van der Waals surface area (Å²) in [6.45, 7) is 3.83. The normalized spacial score (nSPS) is 19.1. The topological polar surface area (TPSA) is 42.4 Å². The van der Waals surface area contributed by atoms with Crippen LogP contribution in [-0.2, 0) is 11.2 Å². The zero-order valence-electron chi connectivity index (χ0n) is 11.0. The summed E-state index contributed by atoms with van der Waals surface area (Å²) in [6, 6.07) is 0. The van der Waals surface area contributed by atoms with Crippen molar-refractivity contribution in [2.24, 2.45) is 0 Å². The Kier molecular flexibility index (Phi) is 4.72. The summed E-state index contributed by atoms with van der Waals surface area (Å²) in [7, 11) is 2.02. The number of anilines is 1. The SMILES string of the molecule is CCCc1nc(N(C)CC2CCCO2)sc1C=O. The van der Waals surface area contributed by atoms with Gasteiger partial charge in [0.2, 0.25) is 0 Å². The monoisotopic (exact) mass is 268 g/mol. The van der Waals surface area contributed by atoms with Crippen LogP contribution in [0.3, 0.4) is 0 Å². The molecular weight excluding hydrogens is 248 g/mol. The first kappa shape index (κ1) is 13.5. The van der Waals surface area contributed by atoms with Gasteiger partial charge in [0.15, 0.2) is 11.4 Å². The highest BCUT2D eigenvalue weighted by molar-refractivity contribution is 7.17. The van der Waals surface area contributed by atoms with Gasteiger partial charge in [-0.05, 0) is 19.3 Å². The van der Waals surface area contributed by atoms with Crippen LogP contribution in [0.1, 0.15) is 41.6 Å². The van der Waals surface area contributed by atoms with E-state index in [-0.39, 0.29) is 0 Å². The van der Waals surface area contributed by atoms with E-state index in [4.69, 9.17) is 4.74 Å². The molecule has 0 aliphatic carbocycles. The lowest BCUT2D eigenvalue weighted by molar-refractivity contribution is 0.112. The van der Waals surface area contributed by atoms with E-state index >= 15 is 0 Å². The molecule has 0 spiro atoms. The third-order valence-electron chi connectivity index (χ3n) is 3.14. The standard InChI is InChI=1S/C13H20N2O2S/c1-3-5-11-12(9-16)18-13(14-11)15(2)8-10-6-4-7-17-10/h9-10H,3-8H2,1-2H3. The third kappa shape index (κ3) is 3.09. The van der Waals surface area contributed by atoms with Crippen LogP contribution in [-0.4, -0.2) is 37.6 Å². The van der Waals surface area contributed by atoms with Crippen molar-refractivity contribution < 1.29 is 9.53 Å². The second-order valence-corrected chi connectivity index (χ2v) is 5.70. The lowest BCUT2D eigenvalue weighted by Crippen LogP contribution is -2.28. The van der Waals surface area contributed by atoms with Gasteiger partial charge in [-0.25, -0.2) is 4.98 Å². The number of hydrogen-bond donors (Lipinski definition) is 0. The molecule has 100 valence electrons. The molecule has 0 aromatic carbocycles. The fraction of sp³-hybridized carbons (Fsp3) is 0.692. The van der Waals surface area contributed by atoms with E-state index in [1.165, 1.54) is 11.3 Å². The Labute approximate surface area is 112 Å². The highest BCUT2D eigenvalue weighted by Gasteiger charge is 2.20. The summed E-state index contributed by atoms with van der Waals surface area (Å²) in [5.41, 5.74) is 0.937. The van der Waals surface area contributed by atoms with Crippen LogP contribution in [0.15, 0.2) is 0 Å². The second kappa shape index (κ2) is 6.29. The number of carbonyl (C=O) groups is 1. The van der Waals surface area contributed by atoms with E-state index in [2.05, 4.69) is 16.8 Å². The van der Waals surface area contributed by atoms with Crippen molar-refractivity contribution in [3.05, 3.63) is 10.6 Å². The molecule has 1 unspecified atom stereocenters. The number of rotatable bonds is 6. The first-order valence-electron chi connectivity index (χ1n) is 6.52. The Hall–Kier alpha value is -0.940. The van der Waals surface area contributed by atoms with Gasteiger partial charge >= 0.3 is 0 Å². The quantitative estimate of drug-likeness (QED) is 0.744. The molecule has 0 saturated carbocycles. The van der Waals surface area contributed by atoms with Crippen molar-refractivity contribution in [2.45, 2.75) is 38.7 Å². The van der Waals surface area contributed by atoms with Crippen molar-refractivity contribution in [3.8, 4) is 0 Å². The number of ether oxygens (including phenoxy) is 1. The maximum atomic E-state index is 11.0. The fourth-order valence-electron chi connectivity index (χ4n) is 2.19. The van der Waals surface area contributed by atoms with E-state index < -0.39 is 0 Å². The number of aryl methyl sites for hydroxylation is 1. The molecule has 1 aromatic rings. The molecule has 1 saturated heterocycles. The number of aldehydes is 1. The van der Waals surface area contributed by atoms with E-state index in [0.717, 1.165) is 60.8 Å². The molecule has 0 radical (unpaired) electrons. The van der Waals surface area contributed by atoms with Crippen LogP contribution >= 0.6 is 11.3 Å². The number of hydrogen-bond acceptors (Lipinski definition) is 5. The van der Waals surface area contributed by atoms with Gasteiger partial charge in [-0.15, -0.1) is 0 Å². The fourth-order valence-corrected chi connectivity index (χ4v) is 3.09. The Morgan fingerprint density at radius 3 is 3.06 bits per heavy atom. The molecule has 2 rings (SSSR count). The van der Waals surface area contributed by atoms with Crippen LogP contribution in [0.5, 0.6) is 0 Å². The van der Waals surface area contributed by atoms with Crippen molar-refractivity contribution >= 4 is 22.8 Å². The van der Waals surface area contributed by atoms with E-state index in [1.54, 1.807) is 0 Å². The molecule has 1 aliphatic heterocycles.